The third-order valence-corrected chi connectivity index (χ3v) is 5.23. The molecule has 0 spiro atoms. The highest BCUT2D eigenvalue weighted by molar-refractivity contribution is 5.92. The molecule has 1 unspecified atom stereocenters. The summed E-state index contributed by atoms with van der Waals surface area (Å²) in [6.45, 7) is 1.42. The first kappa shape index (κ1) is 17.5. The van der Waals surface area contributed by atoms with E-state index in [-0.39, 0.29) is 17.9 Å². The number of nitrogens with zero attached hydrogens (tertiary/aromatic N) is 7. The number of rotatable bonds is 5. The molecular weight excluding hydrogens is 372 g/mol. The van der Waals surface area contributed by atoms with Crippen LogP contribution >= 0.6 is 0 Å². The van der Waals surface area contributed by atoms with Crippen LogP contribution < -0.4 is 5.32 Å². The van der Waals surface area contributed by atoms with Crippen LogP contribution in [-0.2, 0) is 17.9 Å². The fourth-order valence-corrected chi connectivity index (χ4v) is 3.56. The number of benzene rings is 1. The van der Waals surface area contributed by atoms with Gasteiger partial charge in [-0.15, -0.1) is 5.10 Å². The molecule has 1 aromatic carbocycles. The second-order valence-electron chi connectivity index (χ2n) is 7.35. The van der Waals surface area contributed by atoms with E-state index >= 15 is 0 Å². The van der Waals surface area contributed by atoms with Gasteiger partial charge in [0.2, 0.25) is 0 Å². The van der Waals surface area contributed by atoms with Crippen LogP contribution in [0.4, 0.5) is 0 Å². The van der Waals surface area contributed by atoms with E-state index in [2.05, 4.69) is 25.9 Å². The lowest BCUT2D eigenvalue weighted by atomic mass is 10.1. The van der Waals surface area contributed by atoms with E-state index in [1.54, 1.807) is 15.6 Å². The van der Waals surface area contributed by atoms with Crippen LogP contribution in [0.25, 0.3) is 0 Å². The maximum Gasteiger partial charge on any atom is 0.272 e. The van der Waals surface area contributed by atoms with E-state index in [0.29, 0.717) is 25.3 Å². The van der Waals surface area contributed by atoms with Gasteiger partial charge in [0.15, 0.2) is 11.7 Å². The van der Waals surface area contributed by atoms with Crippen molar-refractivity contribution in [3.8, 4) is 0 Å². The largest absolute Gasteiger partial charge is 0.348 e. The molecule has 1 atom stereocenters. The molecule has 10 nitrogen and oxygen atoms in total. The molecule has 148 valence electrons. The third-order valence-electron chi connectivity index (χ3n) is 5.23. The average molecular weight is 392 g/mol. The number of fused-ring (bicyclic) bond motifs is 1. The normalized spacial score (nSPS) is 16.9. The summed E-state index contributed by atoms with van der Waals surface area (Å²) in [5, 5.41) is 18.7. The Hall–Kier alpha value is -3.56. The molecule has 0 saturated heterocycles. The number of carbonyl (C=O) groups is 2. The van der Waals surface area contributed by atoms with E-state index in [9.17, 15) is 9.59 Å². The summed E-state index contributed by atoms with van der Waals surface area (Å²) in [6, 6.07) is 10.9. The molecule has 1 fully saturated rings. The lowest BCUT2D eigenvalue weighted by Crippen LogP contribution is -2.42. The smallest absolute Gasteiger partial charge is 0.272 e. The highest BCUT2D eigenvalue weighted by Crippen LogP contribution is 2.24. The Kier molecular flexibility index (Phi) is 4.30. The van der Waals surface area contributed by atoms with Crippen molar-refractivity contribution in [3.05, 3.63) is 59.7 Å². The molecule has 29 heavy (non-hydrogen) atoms. The molecular formula is C19H20N8O2. The summed E-state index contributed by atoms with van der Waals surface area (Å²) in [6.07, 6.45) is 3.50. The minimum Gasteiger partial charge on any atom is -0.348 e. The number of hydrogen-bond donors (Lipinski definition) is 1. The minimum atomic E-state index is -0.640. The van der Waals surface area contributed by atoms with Crippen LogP contribution in [0.15, 0.2) is 42.7 Å². The summed E-state index contributed by atoms with van der Waals surface area (Å²) in [7, 11) is 0. The average Bonchev–Trinajstić information content (AvgIpc) is 3.22. The van der Waals surface area contributed by atoms with Crippen molar-refractivity contribution in [2.45, 2.75) is 38.0 Å². The summed E-state index contributed by atoms with van der Waals surface area (Å²) >= 11 is 0. The van der Waals surface area contributed by atoms with E-state index in [1.807, 2.05) is 30.3 Å². The topological polar surface area (TPSA) is 111 Å². The van der Waals surface area contributed by atoms with E-state index in [0.717, 1.165) is 24.1 Å². The van der Waals surface area contributed by atoms with Gasteiger partial charge in [0.25, 0.3) is 11.8 Å². The van der Waals surface area contributed by atoms with Gasteiger partial charge in [0, 0.05) is 12.6 Å². The van der Waals surface area contributed by atoms with E-state index in [4.69, 9.17) is 0 Å². The number of tetrazole rings is 1. The third kappa shape index (κ3) is 3.48. The van der Waals surface area contributed by atoms with Gasteiger partial charge in [-0.3, -0.25) is 14.3 Å². The molecule has 2 aliphatic rings. The second kappa shape index (κ2) is 7.12. The van der Waals surface area contributed by atoms with Crippen molar-refractivity contribution < 1.29 is 9.59 Å². The lowest BCUT2D eigenvalue weighted by molar-refractivity contribution is -0.135. The van der Waals surface area contributed by atoms with Gasteiger partial charge < -0.3 is 10.2 Å². The Morgan fingerprint density at radius 3 is 2.69 bits per heavy atom. The molecule has 2 amide bonds. The molecule has 3 heterocycles. The Bertz CT molecular complexity index is 1030. The summed E-state index contributed by atoms with van der Waals surface area (Å²) in [5.74, 6) is -0.247. The van der Waals surface area contributed by atoms with E-state index < -0.39 is 6.04 Å². The Morgan fingerprint density at radius 2 is 1.97 bits per heavy atom. The Balaban J connectivity index is 1.37. The van der Waals surface area contributed by atoms with Gasteiger partial charge in [-0.25, -0.2) is 4.68 Å². The standard InChI is InChI=1S/C19H20N8O2/c28-18(21-14-6-7-14)16-10-15-11-25(8-9-26(15)22-16)19(29)17(27-12-20-23-24-27)13-4-2-1-3-5-13/h1-5,10,12,14,17H,6-9,11H2,(H,21,28). The van der Waals surface area contributed by atoms with Crippen molar-refractivity contribution in [2.24, 2.45) is 0 Å². The fraction of sp³-hybridized carbons (Fsp3) is 0.368. The number of amides is 2. The van der Waals surface area contributed by atoms with Crippen LogP contribution in [0.1, 0.15) is 40.6 Å². The predicted octanol–water partition coefficient (Wildman–Crippen LogP) is 0.394. The SMILES string of the molecule is O=C(NC1CC1)c1cc2n(n1)CCN(C(=O)C(c1ccccc1)n1cnnn1)C2. The van der Waals surface area contributed by atoms with Crippen molar-refractivity contribution in [3.63, 3.8) is 0 Å². The molecule has 1 aliphatic heterocycles. The molecule has 1 aliphatic carbocycles. The molecule has 10 heteroatoms. The minimum absolute atomic E-state index is 0.0973. The predicted molar refractivity (Wildman–Crippen MR) is 101 cm³/mol. The van der Waals surface area contributed by atoms with Gasteiger partial charge in [-0.1, -0.05) is 30.3 Å². The highest BCUT2D eigenvalue weighted by atomic mass is 16.2. The van der Waals surface area contributed by atoms with Crippen molar-refractivity contribution >= 4 is 11.8 Å². The van der Waals surface area contributed by atoms with Crippen molar-refractivity contribution in [1.29, 1.82) is 0 Å². The summed E-state index contributed by atoms with van der Waals surface area (Å²) in [5.41, 5.74) is 2.06. The molecule has 5 rings (SSSR count). The highest BCUT2D eigenvalue weighted by Gasteiger charge is 2.32. The first-order valence-electron chi connectivity index (χ1n) is 9.63. The summed E-state index contributed by atoms with van der Waals surface area (Å²) < 4.78 is 3.28. The van der Waals surface area contributed by atoms with Crippen LogP contribution in [0.5, 0.6) is 0 Å². The van der Waals surface area contributed by atoms with Gasteiger partial charge in [-0.2, -0.15) is 5.10 Å². The molecule has 1 saturated carbocycles. The molecule has 3 aromatic rings. The van der Waals surface area contributed by atoms with E-state index in [1.165, 1.54) is 11.0 Å². The number of nitrogens with one attached hydrogen (secondary N) is 1. The maximum absolute atomic E-state index is 13.4. The van der Waals surface area contributed by atoms with Crippen molar-refractivity contribution in [1.82, 2.24) is 40.2 Å². The molecule has 0 radical (unpaired) electrons. The second-order valence-corrected chi connectivity index (χ2v) is 7.35. The van der Waals surface area contributed by atoms with Gasteiger partial charge in [0.05, 0.1) is 18.8 Å². The number of hydrogen-bond acceptors (Lipinski definition) is 6. The zero-order chi connectivity index (χ0) is 19.8. The molecule has 0 bridgehead atoms. The maximum atomic E-state index is 13.4. The first-order valence-corrected chi connectivity index (χ1v) is 9.63. The zero-order valence-electron chi connectivity index (χ0n) is 15.7. The van der Waals surface area contributed by atoms with Gasteiger partial charge >= 0.3 is 0 Å². The number of aromatic nitrogens is 6. The lowest BCUT2D eigenvalue weighted by Gasteiger charge is -2.30. The zero-order valence-corrected chi connectivity index (χ0v) is 15.7. The quantitative estimate of drug-likeness (QED) is 0.673. The molecule has 2 aromatic heterocycles. The van der Waals surface area contributed by atoms with Gasteiger partial charge in [-0.05, 0) is 34.9 Å². The first-order chi connectivity index (χ1) is 14.2. The van der Waals surface area contributed by atoms with Crippen LogP contribution in [-0.4, -0.2) is 59.3 Å². The monoisotopic (exact) mass is 392 g/mol. The van der Waals surface area contributed by atoms with Crippen LogP contribution in [0.2, 0.25) is 0 Å². The Morgan fingerprint density at radius 1 is 1.14 bits per heavy atom. The van der Waals surface area contributed by atoms with Crippen LogP contribution in [0.3, 0.4) is 0 Å². The Labute approximate surface area is 166 Å². The van der Waals surface area contributed by atoms with Crippen LogP contribution in [0, 0.1) is 0 Å². The van der Waals surface area contributed by atoms with Crippen molar-refractivity contribution in [2.75, 3.05) is 6.54 Å². The molecule has 1 N–H and O–H groups in total. The number of carbonyl (C=O) groups excluding carboxylic acids is 2. The van der Waals surface area contributed by atoms with Gasteiger partial charge in [0.1, 0.15) is 6.33 Å². The fourth-order valence-electron chi connectivity index (χ4n) is 3.56. The summed E-state index contributed by atoms with van der Waals surface area (Å²) in [4.78, 5) is 27.4.